The summed E-state index contributed by atoms with van der Waals surface area (Å²) in [4.78, 5) is 9.22. The molecule has 5 heteroatoms. The maximum Gasteiger partial charge on any atom is 0.124 e. The molecule has 4 heterocycles. The van der Waals surface area contributed by atoms with Crippen molar-refractivity contribution in [2.24, 2.45) is 0 Å². The Balaban J connectivity index is 1.38. The normalized spacial score (nSPS) is 17.3. The predicted octanol–water partition coefficient (Wildman–Crippen LogP) is 5.02. The first-order valence-corrected chi connectivity index (χ1v) is 11.9. The van der Waals surface area contributed by atoms with Gasteiger partial charge in [-0.2, -0.15) is 11.8 Å². The van der Waals surface area contributed by atoms with E-state index in [1.807, 2.05) is 42.4 Å². The molecular weight excluding hydrogens is 390 g/mol. The van der Waals surface area contributed by atoms with E-state index in [4.69, 9.17) is 9.72 Å². The molecule has 4 nitrogen and oxygen atoms in total. The summed E-state index contributed by atoms with van der Waals surface area (Å²) in [5.41, 5.74) is 6.04. The SMILES string of the molecule is c1ccc(CSCc2cccnc2-c2cccc3c2CCC2(CCNCC2)O3)nc1. The lowest BCUT2D eigenvalue weighted by atomic mass is 9.82. The Morgan fingerprint density at radius 1 is 0.900 bits per heavy atom. The first-order valence-electron chi connectivity index (χ1n) is 10.8. The van der Waals surface area contributed by atoms with Gasteiger partial charge in [-0.15, -0.1) is 0 Å². The topological polar surface area (TPSA) is 47.0 Å². The van der Waals surface area contributed by atoms with Crippen molar-refractivity contribution in [3.8, 4) is 17.0 Å². The monoisotopic (exact) mass is 417 g/mol. The minimum atomic E-state index is 0.0162. The highest BCUT2D eigenvalue weighted by Gasteiger charge is 2.38. The van der Waals surface area contributed by atoms with E-state index in [1.165, 1.54) is 16.7 Å². The number of thioether (sulfide) groups is 1. The van der Waals surface area contributed by atoms with Gasteiger partial charge in [-0.25, -0.2) is 0 Å². The zero-order valence-corrected chi connectivity index (χ0v) is 18.0. The Bertz CT molecular complexity index is 1000. The van der Waals surface area contributed by atoms with Gasteiger partial charge in [0, 0.05) is 35.0 Å². The van der Waals surface area contributed by atoms with E-state index >= 15 is 0 Å². The summed E-state index contributed by atoms with van der Waals surface area (Å²) in [6.45, 7) is 2.10. The van der Waals surface area contributed by atoms with E-state index in [1.54, 1.807) is 0 Å². The van der Waals surface area contributed by atoms with Gasteiger partial charge in [-0.3, -0.25) is 9.97 Å². The van der Waals surface area contributed by atoms with Gasteiger partial charge in [0.15, 0.2) is 0 Å². The maximum atomic E-state index is 6.62. The largest absolute Gasteiger partial charge is 0.487 e. The fourth-order valence-electron chi connectivity index (χ4n) is 4.56. The lowest BCUT2D eigenvalue weighted by Crippen LogP contribution is -2.48. The standard InChI is InChI=1S/C25H27N3OS/c1-2-13-27-20(6-1)18-30-17-19-5-4-14-28-24(19)22-7-3-8-23-21(22)9-10-25(29-23)11-15-26-16-12-25/h1-8,13-14,26H,9-12,15-18H2. The summed E-state index contributed by atoms with van der Waals surface area (Å²) >= 11 is 1.88. The lowest BCUT2D eigenvalue weighted by Gasteiger charge is -2.42. The second-order valence-corrected chi connectivity index (χ2v) is 9.13. The summed E-state index contributed by atoms with van der Waals surface area (Å²) in [6, 6.07) is 16.8. The molecule has 1 fully saturated rings. The molecule has 0 bridgehead atoms. The van der Waals surface area contributed by atoms with E-state index in [0.717, 1.165) is 67.4 Å². The van der Waals surface area contributed by atoms with Gasteiger partial charge in [0.1, 0.15) is 11.4 Å². The van der Waals surface area contributed by atoms with Gasteiger partial charge in [0.05, 0.1) is 11.4 Å². The van der Waals surface area contributed by atoms with E-state index in [2.05, 4.69) is 40.6 Å². The van der Waals surface area contributed by atoms with Gasteiger partial charge in [0.2, 0.25) is 0 Å². The number of ether oxygens (including phenoxy) is 1. The van der Waals surface area contributed by atoms with Crippen LogP contribution in [0, 0.1) is 0 Å². The number of aromatic nitrogens is 2. The van der Waals surface area contributed by atoms with E-state index in [-0.39, 0.29) is 5.60 Å². The number of fused-ring (bicyclic) bond motifs is 1. The van der Waals surface area contributed by atoms with Crippen LogP contribution in [0.1, 0.15) is 36.1 Å². The number of pyridine rings is 2. The summed E-state index contributed by atoms with van der Waals surface area (Å²) < 4.78 is 6.62. The zero-order chi connectivity index (χ0) is 20.2. The Labute approximate surface area is 182 Å². The first kappa shape index (κ1) is 19.6. The second-order valence-electron chi connectivity index (χ2n) is 8.14. The van der Waals surface area contributed by atoms with Gasteiger partial charge >= 0.3 is 0 Å². The summed E-state index contributed by atoms with van der Waals surface area (Å²) in [6.07, 6.45) is 8.10. The van der Waals surface area contributed by atoms with Crippen LogP contribution in [0.3, 0.4) is 0 Å². The Kier molecular flexibility index (Phi) is 5.73. The molecule has 1 spiro atoms. The molecule has 0 aliphatic carbocycles. The first-order chi connectivity index (χ1) is 14.8. The van der Waals surface area contributed by atoms with Crippen LogP contribution in [0.25, 0.3) is 11.3 Å². The molecule has 0 amide bonds. The molecule has 1 aromatic carbocycles. The van der Waals surface area contributed by atoms with Crippen molar-refractivity contribution in [3.63, 3.8) is 0 Å². The van der Waals surface area contributed by atoms with Crippen LogP contribution in [0.15, 0.2) is 60.9 Å². The molecule has 154 valence electrons. The van der Waals surface area contributed by atoms with Crippen molar-refractivity contribution in [1.82, 2.24) is 15.3 Å². The molecule has 0 saturated carbocycles. The van der Waals surface area contributed by atoms with Crippen LogP contribution in [0.2, 0.25) is 0 Å². The molecule has 5 rings (SSSR count). The van der Waals surface area contributed by atoms with Crippen LogP contribution in [0.4, 0.5) is 0 Å². The quantitative estimate of drug-likeness (QED) is 0.631. The number of rotatable bonds is 5. The van der Waals surface area contributed by atoms with Gasteiger partial charge in [0.25, 0.3) is 0 Å². The second kappa shape index (κ2) is 8.78. The van der Waals surface area contributed by atoms with Crippen molar-refractivity contribution in [2.45, 2.75) is 42.8 Å². The minimum Gasteiger partial charge on any atom is -0.487 e. The molecule has 0 atom stereocenters. The Morgan fingerprint density at radius 3 is 2.67 bits per heavy atom. The fraction of sp³-hybridized carbons (Fsp3) is 0.360. The van der Waals surface area contributed by atoms with E-state index in [0.29, 0.717) is 0 Å². The number of benzene rings is 1. The van der Waals surface area contributed by atoms with Crippen molar-refractivity contribution in [1.29, 1.82) is 0 Å². The molecule has 1 N–H and O–H groups in total. The van der Waals surface area contributed by atoms with Gasteiger partial charge in [-0.1, -0.05) is 24.3 Å². The number of piperidine rings is 1. The zero-order valence-electron chi connectivity index (χ0n) is 17.1. The summed E-state index contributed by atoms with van der Waals surface area (Å²) in [5.74, 6) is 2.88. The highest BCUT2D eigenvalue weighted by Crippen LogP contribution is 2.42. The molecule has 30 heavy (non-hydrogen) atoms. The molecular formula is C25H27N3OS. The Hall–Kier alpha value is -2.37. The number of nitrogens with zero attached hydrogens (tertiary/aromatic N) is 2. The van der Waals surface area contributed by atoms with Crippen molar-refractivity contribution >= 4 is 11.8 Å². The van der Waals surface area contributed by atoms with Crippen LogP contribution >= 0.6 is 11.8 Å². The number of hydrogen-bond acceptors (Lipinski definition) is 5. The third kappa shape index (κ3) is 4.09. The number of nitrogens with one attached hydrogen (secondary N) is 1. The lowest BCUT2D eigenvalue weighted by molar-refractivity contribution is 0.0171. The molecule has 0 radical (unpaired) electrons. The van der Waals surface area contributed by atoms with Crippen molar-refractivity contribution in [2.75, 3.05) is 13.1 Å². The Morgan fingerprint density at radius 2 is 1.80 bits per heavy atom. The van der Waals surface area contributed by atoms with Crippen LogP contribution in [-0.2, 0) is 17.9 Å². The van der Waals surface area contributed by atoms with E-state index in [9.17, 15) is 0 Å². The molecule has 2 aliphatic rings. The van der Waals surface area contributed by atoms with E-state index < -0.39 is 0 Å². The van der Waals surface area contributed by atoms with Crippen LogP contribution in [0.5, 0.6) is 5.75 Å². The van der Waals surface area contributed by atoms with Gasteiger partial charge < -0.3 is 10.1 Å². The summed E-state index contributed by atoms with van der Waals surface area (Å²) in [5, 5.41) is 3.46. The fourth-order valence-corrected chi connectivity index (χ4v) is 5.49. The molecule has 1 saturated heterocycles. The average molecular weight is 418 g/mol. The third-order valence-electron chi connectivity index (χ3n) is 6.18. The highest BCUT2D eigenvalue weighted by atomic mass is 32.2. The molecule has 2 aromatic heterocycles. The maximum absolute atomic E-state index is 6.62. The summed E-state index contributed by atoms with van der Waals surface area (Å²) in [7, 11) is 0. The van der Waals surface area contributed by atoms with Crippen molar-refractivity contribution in [3.05, 3.63) is 77.7 Å². The van der Waals surface area contributed by atoms with Crippen LogP contribution < -0.4 is 10.1 Å². The number of hydrogen-bond donors (Lipinski definition) is 1. The predicted molar refractivity (Wildman–Crippen MR) is 123 cm³/mol. The average Bonchev–Trinajstić information content (AvgIpc) is 2.80. The van der Waals surface area contributed by atoms with Crippen molar-refractivity contribution < 1.29 is 4.74 Å². The van der Waals surface area contributed by atoms with Gasteiger partial charge in [-0.05, 0) is 68.6 Å². The molecule has 0 unspecified atom stereocenters. The van der Waals surface area contributed by atoms with Crippen LogP contribution in [-0.4, -0.2) is 28.7 Å². The highest BCUT2D eigenvalue weighted by molar-refractivity contribution is 7.97. The third-order valence-corrected chi connectivity index (χ3v) is 7.20. The molecule has 2 aliphatic heterocycles. The molecule has 3 aromatic rings. The minimum absolute atomic E-state index is 0.0162. The smallest absolute Gasteiger partial charge is 0.124 e.